The minimum absolute atomic E-state index is 0.0254. The van der Waals surface area contributed by atoms with Crippen molar-refractivity contribution in [2.75, 3.05) is 19.7 Å². The van der Waals surface area contributed by atoms with Crippen molar-refractivity contribution in [3.63, 3.8) is 0 Å². The molecule has 158 valence electrons. The van der Waals surface area contributed by atoms with E-state index in [0.717, 1.165) is 12.3 Å². The highest BCUT2D eigenvalue weighted by Gasteiger charge is 2.35. The van der Waals surface area contributed by atoms with Crippen molar-refractivity contribution in [2.24, 2.45) is 0 Å². The molecular formula is C18H20F3N3O4S. The third kappa shape index (κ3) is 4.96. The number of rotatable bonds is 6. The molecule has 0 aliphatic carbocycles. The van der Waals surface area contributed by atoms with E-state index in [1.54, 1.807) is 25.1 Å². The molecule has 0 spiro atoms. The topological polar surface area (TPSA) is 81.6 Å². The number of benzene rings is 1. The maximum atomic E-state index is 13.1. The first-order valence-electron chi connectivity index (χ1n) is 9.00. The number of hydrogen-bond acceptors (Lipinski definition) is 6. The van der Waals surface area contributed by atoms with Gasteiger partial charge in [0.1, 0.15) is 16.7 Å². The molecular weight excluding hydrogens is 411 g/mol. The lowest BCUT2D eigenvalue weighted by Gasteiger charge is -2.31. The zero-order valence-electron chi connectivity index (χ0n) is 15.6. The van der Waals surface area contributed by atoms with E-state index in [1.165, 1.54) is 10.4 Å². The van der Waals surface area contributed by atoms with Crippen molar-refractivity contribution in [3.05, 3.63) is 42.2 Å². The molecule has 1 aliphatic rings. The number of ether oxygens (including phenoxy) is 2. The predicted octanol–water partition coefficient (Wildman–Crippen LogP) is 3.13. The van der Waals surface area contributed by atoms with E-state index >= 15 is 0 Å². The van der Waals surface area contributed by atoms with Crippen LogP contribution in [0.25, 0.3) is 0 Å². The van der Waals surface area contributed by atoms with Crippen molar-refractivity contribution in [1.82, 2.24) is 14.3 Å². The van der Waals surface area contributed by atoms with Crippen LogP contribution in [0, 0.1) is 0 Å². The predicted molar refractivity (Wildman–Crippen MR) is 97.1 cm³/mol. The van der Waals surface area contributed by atoms with Gasteiger partial charge in [-0.2, -0.15) is 22.5 Å². The average molecular weight is 431 g/mol. The number of nitrogens with zero attached hydrogens (tertiary/aromatic N) is 3. The summed E-state index contributed by atoms with van der Waals surface area (Å²) in [6.07, 6.45) is -3.37. The number of para-hydroxylation sites is 1. The number of sulfonamides is 1. The van der Waals surface area contributed by atoms with E-state index in [4.69, 9.17) is 9.47 Å². The zero-order valence-corrected chi connectivity index (χ0v) is 16.4. The van der Waals surface area contributed by atoms with Gasteiger partial charge in [-0.15, -0.1) is 0 Å². The Bertz CT molecular complexity index is 953. The van der Waals surface area contributed by atoms with E-state index in [-0.39, 0.29) is 23.7 Å². The van der Waals surface area contributed by atoms with E-state index in [1.807, 2.05) is 0 Å². The van der Waals surface area contributed by atoms with Gasteiger partial charge < -0.3 is 9.47 Å². The van der Waals surface area contributed by atoms with E-state index < -0.39 is 34.0 Å². The van der Waals surface area contributed by atoms with Crippen molar-refractivity contribution >= 4 is 10.0 Å². The molecule has 1 aromatic heterocycles. The summed E-state index contributed by atoms with van der Waals surface area (Å²) in [7, 11) is -3.86. The van der Waals surface area contributed by atoms with Crippen LogP contribution in [0.1, 0.15) is 25.5 Å². The Labute approximate surface area is 166 Å². The second-order valence-electron chi connectivity index (χ2n) is 6.35. The van der Waals surface area contributed by atoms with Crippen molar-refractivity contribution in [3.8, 4) is 11.8 Å². The molecule has 7 nitrogen and oxygen atoms in total. The van der Waals surface area contributed by atoms with Gasteiger partial charge in [0.25, 0.3) is 0 Å². The van der Waals surface area contributed by atoms with E-state index in [2.05, 4.69) is 9.97 Å². The Kier molecular flexibility index (Phi) is 6.27. The Morgan fingerprint density at radius 1 is 1.24 bits per heavy atom. The summed E-state index contributed by atoms with van der Waals surface area (Å²) in [4.78, 5) is 7.12. The summed E-state index contributed by atoms with van der Waals surface area (Å²) < 4.78 is 76.7. The summed E-state index contributed by atoms with van der Waals surface area (Å²) in [5.41, 5.74) is -1.12. The van der Waals surface area contributed by atoms with Crippen molar-refractivity contribution in [1.29, 1.82) is 0 Å². The van der Waals surface area contributed by atoms with Gasteiger partial charge in [0, 0.05) is 12.7 Å². The highest BCUT2D eigenvalue weighted by atomic mass is 32.2. The second kappa shape index (κ2) is 8.54. The molecule has 1 fully saturated rings. The number of aromatic nitrogens is 2. The second-order valence-corrected chi connectivity index (χ2v) is 8.25. The monoisotopic (exact) mass is 431 g/mol. The molecule has 1 aromatic carbocycles. The van der Waals surface area contributed by atoms with Gasteiger partial charge in [-0.3, -0.25) is 0 Å². The summed E-state index contributed by atoms with van der Waals surface area (Å²) in [6.45, 7) is 2.31. The first-order valence-corrected chi connectivity index (χ1v) is 10.4. The van der Waals surface area contributed by atoms with Crippen LogP contribution in [-0.4, -0.2) is 48.5 Å². The lowest BCUT2D eigenvalue weighted by atomic mass is 10.1. The van der Waals surface area contributed by atoms with Crippen LogP contribution in [-0.2, 0) is 16.2 Å². The van der Waals surface area contributed by atoms with Gasteiger partial charge in [0.2, 0.25) is 10.0 Å². The molecule has 0 radical (unpaired) electrons. The molecule has 2 aromatic rings. The van der Waals surface area contributed by atoms with Crippen LogP contribution in [0.2, 0.25) is 0 Å². The molecule has 1 atom stereocenters. The van der Waals surface area contributed by atoms with Gasteiger partial charge in [0.05, 0.1) is 13.2 Å². The van der Waals surface area contributed by atoms with Gasteiger partial charge in [-0.25, -0.2) is 13.4 Å². The maximum Gasteiger partial charge on any atom is 0.433 e. The van der Waals surface area contributed by atoms with Crippen LogP contribution in [0.4, 0.5) is 13.2 Å². The minimum atomic E-state index is -4.62. The third-order valence-electron chi connectivity index (χ3n) is 4.30. The van der Waals surface area contributed by atoms with Crippen molar-refractivity contribution in [2.45, 2.75) is 36.9 Å². The van der Waals surface area contributed by atoms with Crippen molar-refractivity contribution < 1.29 is 31.1 Å². The van der Waals surface area contributed by atoms with Crippen LogP contribution < -0.4 is 9.47 Å². The standard InChI is InChI=1S/C18H20F3N3O4S/c1-2-27-14-7-3-4-8-15(14)29(25,26)24-11-5-6-13(12-24)28-17-22-10-9-16(23-17)18(19,20)21/h3-4,7-10,13H,2,5-6,11-12H2,1H3. The molecule has 0 N–H and O–H groups in total. The molecule has 0 bridgehead atoms. The molecule has 0 amide bonds. The SMILES string of the molecule is CCOc1ccccc1S(=O)(=O)N1CCCC(Oc2nccc(C(F)(F)F)n2)C1. The molecule has 1 unspecified atom stereocenters. The Morgan fingerprint density at radius 2 is 2.00 bits per heavy atom. The first kappa shape index (κ1) is 21.3. The Morgan fingerprint density at radius 3 is 2.72 bits per heavy atom. The molecule has 3 rings (SSSR count). The number of piperidine rings is 1. The summed E-state index contributed by atoms with van der Waals surface area (Å²) >= 11 is 0. The van der Waals surface area contributed by atoms with Crippen LogP contribution in [0.5, 0.6) is 11.8 Å². The summed E-state index contributed by atoms with van der Waals surface area (Å²) in [6, 6.07) is 6.63. The molecule has 29 heavy (non-hydrogen) atoms. The molecule has 0 saturated carbocycles. The zero-order chi connectivity index (χ0) is 21.1. The minimum Gasteiger partial charge on any atom is -0.492 e. The van der Waals surface area contributed by atoms with Gasteiger partial charge in [-0.1, -0.05) is 12.1 Å². The first-order chi connectivity index (χ1) is 13.7. The Balaban J connectivity index is 1.77. The van der Waals surface area contributed by atoms with Crippen LogP contribution >= 0.6 is 0 Å². The fraction of sp³-hybridized carbons (Fsp3) is 0.444. The third-order valence-corrected chi connectivity index (χ3v) is 6.21. The van der Waals surface area contributed by atoms with Crippen LogP contribution in [0.15, 0.2) is 41.4 Å². The lowest BCUT2D eigenvalue weighted by molar-refractivity contribution is -0.141. The van der Waals surface area contributed by atoms with E-state index in [0.29, 0.717) is 19.4 Å². The molecule has 11 heteroatoms. The quantitative estimate of drug-likeness (QED) is 0.699. The van der Waals surface area contributed by atoms with Crippen LogP contribution in [0.3, 0.4) is 0 Å². The van der Waals surface area contributed by atoms with E-state index in [9.17, 15) is 21.6 Å². The van der Waals surface area contributed by atoms with Gasteiger partial charge >= 0.3 is 12.2 Å². The van der Waals surface area contributed by atoms with Gasteiger partial charge in [-0.05, 0) is 38.0 Å². The maximum absolute atomic E-state index is 13.1. The highest BCUT2D eigenvalue weighted by molar-refractivity contribution is 7.89. The molecule has 1 aliphatic heterocycles. The number of alkyl halides is 3. The largest absolute Gasteiger partial charge is 0.492 e. The smallest absolute Gasteiger partial charge is 0.433 e. The van der Waals surface area contributed by atoms with Gasteiger partial charge in [0.15, 0.2) is 5.69 Å². The Hall–Kier alpha value is -2.40. The fourth-order valence-corrected chi connectivity index (χ4v) is 4.64. The average Bonchev–Trinajstić information content (AvgIpc) is 2.68. The number of hydrogen-bond donors (Lipinski definition) is 0. The summed E-state index contributed by atoms with van der Waals surface area (Å²) in [5.74, 6) is 0.249. The molecule has 1 saturated heterocycles. The summed E-state index contributed by atoms with van der Waals surface area (Å²) in [5, 5.41) is 0. The molecule has 2 heterocycles. The fourth-order valence-electron chi connectivity index (χ4n) is 3.00. The highest BCUT2D eigenvalue weighted by Crippen LogP contribution is 2.30. The number of halogens is 3. The lowest BCUT2D eigenvalue weighted by Crippen LogP contribution is -2.44. The normalized spacial score (nSPS) is 18.4.